The van der Waals surface area contributed by atoms with Gasteiger partial charge in [-0.05, 0) is 12.1 Å². The van der Waals surface area contributed by atoms with Crippen LogP contribution in [0.1, 0.15) is 12.0 Å². The molecule has 0 bridgehead atoms. The van der Waals surface area contributed by atoms with Gasteiger partial charge >= 0.3 is 5.97 Å². The Morgan fingerprint density at radius 3 is 2.69 bits per heavy atom. The maximum atomic E-state index is 10.6. The zero-order valence-corrected chi connectivity index (χ0v) is 8.51. The summed E-state index contributed by atoms with van der Waals surface area (Å²) in [5.74, 6) is 4.45. The largest absolute Gasteiger partial charge is 0.480 e. The summed E-state index contributed by atoms with van der Waals surface area (Å²) in [6.07, 6.45) is 0.450. The summed E-state index contributed by atoms with van der Waals surface area (Å²) < 4.78 is 0. The third kappa shape index (κ3) is 3.84. The van der Waals surface area contributed by atoms with Crippen LogP contribution in [0.15, 0.2) is 30.3 Å². The van der Waals surface area contributed by atoms with E-state index in [0.717, 1.165) is 5.56 Å². The lowest BCUT2D eigenvalue weighted by Crippen LogP contribution is -2.35. The summed E-state index contributed by atoms with van der Waals surface area (Å²) >= 11 is 0. The summed E-state index contributed by atoms with van der Waals surface area (Å²) in [5.41, 5.74) is 0.817. The van der Waals surface area contributed by atoms with Crippen molar-refractivity contribution in [2.24, 2.45) is 0 Å². The van der Waals surface area contributed by atoms with E-state index < -0.39 is 12.0 Å². The number of carboxylic acid groups (broad SMARTS) is 1. The molecule has 1 rings (SSSR count). The number of amides is 1. The minimum atomic E-state index is -1.09. The van der Waals surface area contributed by atoms with Gasteiger partial charge in [-0.1, -0.05) is 30.0 Å². The van der Waals surface area contributed by atoms with Crippen molar-refractivity contribution < 1.29 is 14.7 Å². The predicted octanol–water partition coefficient (Wildman–Crippen LogP) is 0.627. The zero-order valence-electron chi connectivity index (χ0n) is 8.51. The van der Waals surface area contributed by atoms with Crippen molar-refractivity contribution >= 4 is 12.4 Å². The van der Waals surface area contributed by atoms with Crippen molar-refractivity contribution in [3.63, 3.8) is 0 Å². The van der Waals surface area contributed by atoms with E-state index in [1.165, 1.54) is 0 Å². The fourth-order valence-electron chi connectivity index (χ4n) is 1.08. The van der Waals surface area contributed by atoms with Crippen LogP contribution in [0.4, 0.5) is 0 Å². The van der Waals surface area contributed by atoms with Crippen LogP contribution in [0.2, 0.25) is 0 Å². The van der Waals surface area contributed by atoms with Gasteiger partial charge in [0.25, 0.3) is 0 Å². The first-order valence-corrected chi connectivity index (χ1v) is 4.70. The minimum absolute atomic E-state index is 0.0863. The number of hydrogen-bond acceptors (Lipinski definition) is 2. The Morgan fingerprint density at radius 1 is 1.44 bits per heavy atom. The molecule has 1 aromatic rings. The van der Waals surface area contributed by atoms with E-state index in [-0.39, 0.29) is 6.42 Å². The van der Waals surface area contributed by atoms with Gasteiger partial charge in [-0.25, -0.2) is 4.79 Å². The summed E-state index contributed by atoms with van der Waals surface area (Å²) in [6, 6.07) is 8.28. The molecule has 1 atom stereocenters. The Kier molecular flexibility index (Phi) is 4.61. The molecule has 1 aromatic carbocycles. The highest BCUT2D eigenvalue weighted by atomic mass is 16.4. The lowest BCUT2D eigenvalue weighted by atomic mass is 10.2. The molecule has 82 valence electrons. The molecule has 16 heavy (non-hydrogen) atoms. The van der Waals surface area contributed by atoms with Crippen LogP contribution in [-0.2, 0) is 9.59 Å². The number of carbonyl (C=O) groups is 2. The first kappa shape index (κ1) is 11.8. The molecule has 0 saturated carbocycles. The Labute approximate surface area is 93.3 Å². The molecule has 4 heteroatoms. The second-order valence-electron chi connectivity index (χ2n) is 3.05. The van der Waals surface area contributed by atoms with Gasteiger partial charge in [0, 0.05) is 12.0 Å². The van der Waals surface area contributed by atoms with Crippen LogP contribution in [0.5, 0.6) is 0 Å². The van der Waals surface area contributed by atoms with Crippen molar-refractivity contribution in [3.8, 4) is 11.8 Å². The third-order valence-electron chi connectivity index (χ3n) is 1.88. The van der Waals surface area contributed by atoms with E-state index in [1.807, 2.05) is 30.3 Å². The van der Waals surface area contributed by atoms with Crippen LogP contribution in [-0.4, -0.2) is 23.5 Å². The lowest BCUT2D eigenvalue weighted by Gasteiger charge is -2.05. The standard InChI is InChI=1S/C12H11NO3/c14-9-13-11(12(15)16)8-4-7-10-5-2-1-3-6-10/h1-3,5-6,9,11H,8H2,(H,13,14)(H,15,16). The Morgan fingerprint density at radius 2 is 2.12 bits per heavy atom. The van der Waals surface area contributed by atoms with E-state index in [4.69, 9.17) is 5.11 Å². The molecular formula is C12H11NO3. The fourth-order valence-corrected chi connectivity index (χ4v) is 1.08. The second-order valence-corrected chi connectivity index (χ2v) is 3.05. The van der Waals surface area contributed by atoms with Crippen LogP contribution in [0, 0.1) is 11.8 Å². The molecule has 0 radical (unpaired) electrons. The highest BCUT2D eigenvalue weighted by molar-refractivity contribution is 5.76. The summed E-state index contributed by atoms with van der Waals surface area (Å²) in [4.78, 5) is 20.8. The van der Waals surface area contributed by atoms with Gasteiger partial charge in [-0.2, -0.15) is 0 Å². The highest BCUT2D eigenvalue weighted by Gasteiger charge is 2.13. The van der Waals surface area contributed by atoms with Gasteiger partial charge < -0.3 is 10.4 Å². The molecule has 0 spiro atoms. The number of rotatable bonds is 4. The number of nitrogens with one attached hydrogen (secondary N) is 1. The van der Waals surface area contributed by atoms with Gasteiger partial charge in [-0.15, -0.1) is 0 Å². The normalized spacial score (nSPS) is 10.8. The number of carboxylic acids is 1. The quantitative estimate of drug-likeness (QED) is 0.574. The first-order chi connectivity index (χ1) is 7.74. The number of hydrogen-bond donors (Lipinski definition) is 2. The molecule has 2 N–H and O–H groups in total. The van der Waals surface area contributed by atoms with Crippen molar-refractivity contribution in [1.29, 1.82) is 0 Å². The van der Waals surface area contributed by atoms with Gasteiger partial charge in [0.1, 0.15) is 6.04 Å². The molecule has 0 saturated heterocycles. The average molecular weight is 217 g/mol. The summed E-state index contributed by atoms with van der Waals surface area (Å²) in [6.45, 7) is 0. The van der Waals surface area contributed by atoms with E-state index in [2.05, 4.69) is 17.2 Å². The molecule has 0 aliphatic heterocycles. The topological polar surface area (TPSA) is 66.4 Å². The van der Waals surface area contributed by atoms with E-state index >= 15 is 0 Å². The van der Waals surface area contributed by atoms with Gasteiger partial charge in [-0.3, -0.25) is 4.79 Å². The SMILES string of the molecule is O=CNC(CC#Cc1ccccc1)C(=O)O. The summed E-state index contributed by atoms with van der Waals surface area (Å²) in [5, 5.41) is 10.9. The third-order valence-corrected chi connectivity index (χ3v) is 1.88. The number of aliphatic carboxylic acids is 1. The molecule has 0 heterocycles. The minimum Gasteiger partial charge on any atom is -0.480 e. The molecule has 1 unspecified atom stereocenters. The maximum absolute atomic E-state index is 10.6. The van der Waals surface area contributed by atoms with Gasteiger partial charge in [0.15, 0.2) is 0 Å². The van der Waals surface area contributed by atoms with Crippen molar-refractivity contribution in [3.05, 3.63) is 35.9 Å². The molecule has 0 aromatic heterocycles. The van der Waals surface area contributed by atoms with Gasteiger partial charge in [0.2, 0.25) is 6.41 Å². The number of carbonyl (C=O) groups excluding carboxylic acids is 1. The Bertz CT molecular complexity index is 417. The maximum Gasteiger partial charge on any atom is 0.327 e. The van der Waals surface area contributed by atoms with Gasteiger partial charge in [0.05, 0.1) is 0 Å². The smallest absolute Gasteiger partial charge is 0.327 e. The van der Waals surface area contributed by atoms with Crippen LogP contribution in [0.3, 0.4) is 0 Å². The second kappa shape index (κ2) is 6.25. The Hall–Kier alpha value is -2.28. The molecule has 0 aliphatic carbocycles. The Balaban J connectivity index is 2.59. The predicted molar refractivity (Wildman–Crippen MR) is 58.6 cm³/mol. The molecule has 1 amide bonds. The zero-order chi connectivity index (χ0) is 11.8. The van der Waals surface area contributed by atoms with E-state index in [0.29, 0.717) is 6.41 Å². The van der Waals surface area contributed by atoms with Crippen LogP contribution < -0.4 is 5.32 Å². The average Bonchev–Trinajstić information content (AvgIpc) is 2.29. The van der Waals surface area contributed by atoms with Crippen LogP contribution >= 0.6 is 0 Å². The van der Waals surface area contributed by atoms with Crippen LogP contribution in [0.25, 0.3) is 0 Å². The lowest BCUT2D eigenvalue weighted by molar-refractivity contribution is -0.140. The number of benzene rings is 1. The molecule has 0 fully saturated rings. The molecular weight excluding hydrogens is 206 g/mol. The highest BCUT2D eigenvalue weighted by Crippen LogP contribution is 1.96. The summed E-state index contributed by atoms with van der Waals surface area (Å²) in [7, 11) is 0. The first-order valence-electron chi connectivity index (χ1n) is 4.70. The monoisotopic (exact) mass is 217 g/mol. The van der Waals surface area contributed by atoms with E-state index in [9.17, 15) is 9.59 Å². The molecule has 4 nitrogen and oxygen atoms in total. The van der Waals surface area contributed by atoms with Crippen molar-refractivity contribution in [2.45, 2.75) is 12.5 Å². The molecule has 0 aliphatic rings. The fraction of sp³-hybridized carbons (Fsp3) is 0.167. The van der Waals surface area contributed by atoms with Crippen molar-refractivity contribution in [2.75, 3.05) is 0 Å². The van der Waals surface area contributed by atoms with E-state index in [1.54, 1.807) is 0 Å². The van der Waals surface area contributed by atoms with Crippen molar-refractivity contribution in [1.82, 2.24) is 5.32 Å².